The third-order valence-electron chi connectivity index (χ3n) is 5.79. The predicted octanol–water partition coefficient (Wildman–Crippen LogP) is 5.15. The van der Waals surface area contributed by atoms with Gasteiger partial charge in [-0.1, -0.05) is 97.4 Å². The van der Waals surface area contributed by atoms with Crippen LogP contribution in [0.5, 0.6) is 0 Å². The van der Waals surface area contributed by atoms with E-state index in [0.29, 0.717) is 0 Å². The molecule has 1 fully saturated rings. The van der Waals surface area contributed by atoms with Gasteiger partial charge in [0.2, 0.25) is 0 Å². The molecule has 0 aliphatic carbocycles. The average Bonchev–Trinajstić information content (AvgIpc) is 2.77. The number of nitrogens with zero attached hydrogens (tertiary/aromatic N) is 1. The molecule has 1 atom stereocenters. The fourth-order valence-corrected chi connectivity index (χ4v) is 4.53. The second-order valence-electron chi connectivity index (χ2n) is 7.36. The van der Waals surface area contributed by atoms with Crippen molar-refractivity contribution in [3.8, 4) is 0 Å². The van der Waals surface area contributed by atoms with Crippen LogP contribution in [0.2, 0.25) is 0 Å². The Balaban J connectivity index is 1.96. The average molecular weight is 357 g/mol. The van der Waals surface area contributed by atoms with Crippen molar-refractivity contribution in [1.29, 1.82) is 0 Å². The van der Waals surface area contributed by atoms with E-state index < -0.39 is 11.6 Å². The van der Waals surface area contributed by atoms with Gasteiger partial charge in [-0.3, -0.25) is 4.90 Å². The van der Waals surface area contributed by atoms with Gasteiger partial charge in [0.15, 0.2) is 0 Å². The lowest BCUT2D eigenvalue weighted by atomic mass is 9.73. The maximum absolute atomic E-state index is 11.8. The zero-order valence-corrected chi connectivity index (χ0v) is 15.7. The summed E-state index contributed by atoms with van der Waals surface area (Å²) in [6.45, 7) is 1.99. The first-order valence-electron chi connectivity index (χ1n) is 9.92. The molecule has 0 amide bonds. The normalized spacial score (nSPS) is 16.8. The first-order chi connectivity index (χ1) is 13.3. The van der Waals surface area contributed by atoms with Gasteiger partial charge < -0.3 is 5.11 Å². The third kappa shape index (κ3) is 3.31. The zero-order chi connectivity index (χ0) is 18.5. The highest BCUT2D eigenvalue weighted by molar-refractivity contribution is 5.43. The molecule has 138 valence electrons. The van der Waals surface area contributed by atoms with E-state index in [1.807, 2.05) is 42.5 Å². The van der Waals surface area contributed by atoms with Crippen LogP contribution in [-0.2, 0) is 5.54 Å². The minimum absolute atomic E-state index is 0.593. The quantitative estimate of drug-likeness (QED) is 0.682. The summed E-state index contributed by atoms with van der Waals surface area (Å²) in [6.07, 6.45) is 2.95. The predicted molar refractivity (Wildman–Crippen MR) is 110 cm³/mol. The monoisotopic (exact) mass is 357 g/mol. The molecule has 27 heavy (non-hydrogen) atoms. The van der Waals surface area contributed by atoms with Crippen LogP contribution in [0.1, 0.15) is 42.1 Å². The van der Waals surface area contributed by atoms with Gasteiger partial charge in [0.25, 0.3) is 0 Å². The highest BCUT2D eigenvalue weighted by atomic mass is 16.3. The van der Waals surface area contributed by atoms with Crippen LogP contribution in [0, 0.1) is 0 Å². The second-order valence-corrected chi connectivity index (χ2v) is 7.36. The van der Waals surface area contributed by atoms with E-state index in [2.05, 4.69) is 53.4 Å². The van der Waals surface area contributed by atoms with Crippen LogP contribution in [0.3, 0.4) is 0 Å². The van der Waals surface area contributed by atoms with Gasteiger partial charge >= 0.3 is 0 Å². The summed E-state index contributed by atoms with van der Waals surface area (Å²) >= 11 is 0. The summed E-state index contributed by atoms with van der Waals surface area (Å²) in [5.74, 6) is 0. The molecule has 3 aromatic rings. The SMILES string of the molecule is O[C@@H](c1ccccc1)C(c1ccccc1)(c1ccccc1)N1CCCCC1. The summed E-state index contributed by atoms with van der Waals surface area (Å²) in [4.78, 5) is 2.50. The van der Waals surface area contributed by atoms with E-state index >= 15 is 0 Å². The lowest BCUT2D eigenvalue weighted by Crippen LogP contribution is -2.53. The molecule has 1 aliphatic rings. The fraction of sp³-hybridized carbons (Fsp3) is 0.280. The molecule has 0 saturated carbocycles. The number of rotatable bonds is 5. The number of likely N-dealkylation sites (tertiary alicyclic amines) is 1. The van der Waals surface area contributed by atoms with E-state index in [0.717, 1.165) is 29.8 Å². The topological polar surface area (TPSA) is 23.5 Å². The Labute approximate surface area is 162 Å². The first-order valence-corrected chi connectivity index (χ1v) is 9.92. The summed E-state index contributed by atoms with van der Waals surface area (Å²) in [5.41, 5.74) is 2.66. The number of benzene rings is 3. The zero-order valence-electron chi connectivity index (χ0n) is 15.7. The molecule has 0 aromatic heterocycles. The van der Waals surface area contributed by atoms with Gasteiger partial charge in [-0.2, -0.15) is 0 Å². The Morgan fingerprint density at radius 2 is 1.07 bits per heavy atom. The number of aliphatic hydroxyl groups is 1. The maximum atomic E-state index is 11.8. The number of piperidine rings is 1. The molecule has 2 nitrogen and oxygen atoms in total. The standard InChI is InChI=1S/C25H27NO/c27-24(21-13-5-1-6-14-21)25(22-15-7-2-8-16-22,23-17-9-3-10-18-23)26-19-11-4-12-20-26/h1-3,5-10,13-18,24,27H,4,11-12,19-20H2/t24-/m0/s1. The first kappa shape index (κ1) is 18.0. The Bertz CT molecular complexity index is 786. The van der Waals surface area contributed by atoms with E-state index in [-0.39, 0.29) is 0 Å². The number of hydrogen-bond donors (Lipinski definition) is 1. The maximum Gasteiger partial charge on any atom is 0.106 e. The molecule has 1 aliphatic heterocycles. The van der Waals surface area contributed by atoms with Crippen LogP contribution in [0.4, 0.5) is 0 Å². The Morgan fingerprint density at radius 3 is 1.56 bits per heavy atom. The molecule has 0 radical (unpaired) electrons. The second kappa shape index (κ2) is 8.08. The lowest BCUT2D eigenvalue weighted by Gasteiger charge is -2.49. The van der Waals surface area contributed by atoms with Gasteiger partial charge in [0.05, 0.1) is 0 Å². The lowest BCUT2D eigenvalue weighted by molar-refractivity contribution is -0.0221. The minimum Gasteiger partial charge on any atom is -0.386 e. The Morgan fingerprint density at radius 1 is 0.630 bits per heavy atom. The molecular formula is C25H27NO. The van der Waals surface area contributed by atoms with Gasteiger partial charge in [0.1, 0.15) is 11.6 Å². The van der Waals surface area contributed by atoms with E-state index in [1.54, 1.807) is 0 Å². The van der Waals surface area contributed by atoms with Gasteiger partial charge in [-0.15, -0.1) is 0 Å². The van der Waals surface area contributed by atoms with Crippen molar-refractivity contribution in [3.05, 3.63) is 108 Å². The Hall–Kier alpha value is -2.42. The van der Waals surface area contributed by atoms with Crippen LogP contribution >= 0.6 is 0 Å². The van der Waals surface area contributed by atoms with Crippen LogP contribution in [0.25, 0.3) is 0 Å². The highest BCUT2D eigenvalue weighted by Gasteiger charge is 2.47. The van der Waals surface area contributed by atoms with Crippen molar-refractivity contribution in [2.24, 2.45) is 0 Å². The van der Waals surface area contributed by atoms with Crippen LogP contribution in [-0.4, -0.2) is 23.1 Å². The molecule has 4 rings (SSSR count). The van der Waals surface area contributed by atoms with Gasteiger partial charge in [-0.05, 0) is 42.6 Å². The summed E-state index contributed by atoms with van der Waals surface area (Å²) in [7, 11) is 0. The largest absolute Gasteiger partial charge is 0.386 e. The number of hydrogen-bond acceptors (Lipinski definition) is 2. The minimum atomic E-state index is -0.651. The van der Waals surface area contributed by atoms with Crippen molar-refractivity contribution in [2.45, 2.75) is 30.9 Å². The molecule has 0 spiro atoms. The molecule has 1 N–H and O–H groups in total. The number of aliphatic hydroxyl groups excluding tert-OH is 1. The summed E-state index contributed by atoms with van der Waals surface area (Å²) in [6, 6.07) is 31.1. The highest BCUT2D eigenvalue weighted by Crippen LogP contribution is 2.47. The van der Waals surface area contributed by atoms with E-state index in [4.69, 9.17) is 0 Å². The van der Waals surface area contributed by atoms with E-state index in [1.165, 1.54) is 19.3 Å². The molecule has 0 bridgehead atoms. The van der Waals surface area contributed by atoms with Crippen molar-refractivity contribution in [2.75, 3.05) is 13.1 Å². The van der Waals surface area contributed by atoms with Gasteiger partial charge in [0, 0.05) is 0 Å². The van der Waals surface area contributed by atoms with Gasteiger partial charge in [-0.25, -0.2) is 0 Å². The fourth-order valence-electron chi connectivity index (χ4n) is 4.53. The van der Waals surface area contributed by atoms with Crippen molar-refractivity contribution >= 4 is 0 Å². The summed E-state index contributed by atoms with van der Waals surface area (Å²) in [5, 5.41) is 11.8. The molecule has 2 heteroatoms. The molecule has 0 unspecified atom stereocenters. The van der Waals surface area contributed by atoms with Crippen LogP contribution in [0.15, 0.2) is 91.0 Å². The van der Waals surface area contributed by atoms with Crippen molar-refractivity contribution in [3.63, 3.8) is 0 Å². The van der Waals surface area contributed by atoms with E-state index in [9.17, 15) is 5.11 Å². The van der Waals surface area contributed by atoms with Crippen LogP contribution < -0.4 is 0 Å². The molecular weight excluding hydrogens is 330 g/mol. The summed E-state index contributed by atoms with van der Waals surface area (Å²) < 4.78 is 0. The molecule has 3 aromatic carbocycles. The molecule has 1 heterocycles. The Kier molecular flexibility index (Phi) is 5.38. The van der Waals surface area contributed by atoms with Crippen molar-refractivity contribution < 1.29 is 5.11 Å². The molecule has 1 saturated heterocycles. The third-order valence-corrected chi connectivity index (χ3v) is 5.79. The van der Waals surface area contributed by atoms with Crippen molar-refractivity contribution in [1.82, 2.24) is 4.90 Å². The smallest absolute Gasteiger partial charge is 0.106 e.